The summed E-state index contributed by atoms with van der Waals surface area (Å²) in [5.74, 6) is -0.350. The van der Waals surface area contributed by atoms with Crippen molar-refractivity contribution in [2.24, 2.45) is 5.14 Å². The summed E-state index contributed by atoms with van der Waals surface area (Å²) in [7, 11) is -2.91. The molecule has 0 atom stereocenters. The summed E-state index contributed by atoms with van der Waals surface area (Å²) in [6, 6.07) is 9.89. The van der Waals surface area contributed by atoms with Gasteiger partial charge in [0.25, 0.3) is 0 Å². The SMILES string of the molecule is COc1ccc(-c2cccnc2-c2cc(C(F)(F)F)c3ncnc(N4CCN(C(=O)C=CC(C)=O)CC4)c3c2)cc1S(N)(=O)=O. The Balaban J connectivity index is 1.62. The first-order valence-corrected chi connectivity index (χ1v) is 15.1. The first-order valence-electron chi connectivity index (χ1n) is 13.5. The van der Waals surface area contributed by atoms with Crippen LogP contribution in [-0.2, 0) is 25.8 Å². The number of ether oxygens (including phenoxy) is 1. The molecule has 2 aromatic heterocycles. The number of aromatic nitrogens is 3. The summed E-state index contributed by atoms with van der Waals surface area (Å²) in [5.41, 5.74) is -0.381. The molecule has 3 heterocycles. The molecule has 45 heavy (non-hydrogen) atoms. The molecule has 1 aliphatic heterocycles. The van der Waals surface area contributed by atoms with Crippen molar-refractivity contribution in [2.45, 2.75) is 18.0 Å². The molecule has 0 saturated carbocycles. The van der Waals surface area contributed by atoms with Gasteiger partial charge in [-0.25, -0.2) is 23.5 Å². The van der Waals surface area contributed by atoms with E-state index < -0.39 is 21.8 Å². The minimum absolute atomic E-state index is 0.00946. The van der Waals surface area contributed by atoms with Crippen LogP contribution in [0.5, 0.6) is 5.75 Å². The zero-order chi connectivity index (χ0) is 32.5. The highest BCUT2D eigenvalue weighted by molar-refractivity contribution is 7.89. The van der Waals surface area contributed by atoms with Gasteiger partial charge in [-0.15, -0.1) is 0 Å². The van der Waals surface area contributed by atoms with Crippen molar-refractivity contribution in [1.82, 2.24) is 19.9 Å². The number of pyridine rings is 1. The summed E-state index contributed by atoms with van der Waals surface area (Å²) in [5, 5.41) is 5.51. The molecule has 234 valence electrons. The average Bonchev–Trinajstić information content (AvgIpc) is 3.01. The number of anilines is 1. The molecule has 11 nitrogen and oxygen atoms in total. The van der Waals surface area contributed by atoms with E-state index in [1.54, 1.807) is 23.1 Å². The Bertz CT molecular complexity index is 1940. The standard InChI is InChI=1S/C30H27F3N6O5S/c1-18(40)5-8-26(41)38-10-12-39(13-11-38)29-22-14-20(15-23(30(31,32)33)28(22)36-17-37-29)27-21(4-3-9-35-27)19-6-7-24(44-2)25(16-19)45(34,42)43/h3-9,14-17H,10-13H2,1-2H3,(H2,34,42,43). The molecular formula is C30H27F3N6O5S. The number of primary sulfonamides is 1. The average molecular weight is 641 g/mol. The lowest BCUT2D eigenvalue weighted by molar-refractivity contribution is -0.136. The molecule has 15 heteroatoms. The van der Waals surface area contributed by atoms with E-state index in [0.29, 0.717) is 11.1 Å². The van der Waals surface area contributed by atoms with E-state index >= 15 is 0 Å². The number of hydrogen-bond acceptors (Lipinski definition) is 9. The van der Waals surface area contributed by atoms with E-state index in [1.165, 1.54) is 55.5 Å². The molecule has 1 fully saturated rings. The topological polar surface area (TPSA) is 149 Å². The lowest BCUT2D eigenvalue weighted by Gasteiger charge is -2.35. The van der Waals surface area contributed by atoms with Crippen LogP contribution in [0.2, 0.25) is 0 Å². The second-order valence-electron chi connectivity index (χ2n) is 10.2. The third kappa shape index (κ3) is 6.63. The minimum atomic E-state index is -4.79. The van der Waals surface area contributed by atoms with Crippen molar-refractivity contribution >= 4 is 38.4 Å². The number of nitrogens with two attached hydrogens (primary N) is 1. The number of allylic oxidation sites excluding steroid dienone is 1. The Hall–Kier alpha value is -4.89. The van der Waals surface area contributed by atoms with Gasteiger partial charge in [0.1, 0.15) is 22.8 Å². The Labute approximate surface area is 256 Å². The largest absolute Gasteiger partial charge is 0.495 e. The number of amides is 1. The molecule has 2 N–H and O–H groups in total. The maximum Gasteiger partial charge on any atom is 0.418 e. The zero-order valence-corrected chi connectivity index (χ0v) is 24.9. The molecule has 0 aliphatic carbocycles. The van der Waals surface area contributed by atoms with Crippen LogP contribution in [0.4, 0.5) is 19.0 Å². The van der Waals surface area contributed by atoms with Gasteiger partial charge >= 0.3 is 6.18 Å². The van der Waals surface area contributed by atoms with Crippen molar-refractivity contribution in [3.63, 3.8) is 0 Å². The van der Waals surface area contributed by atoms with Gasteiger partial charge in [-0.05, 0) is 48.9 Å². The van der Waals surface area contributed by atoms with Crippen molar-refractivity contribution in [1.29, 1.82) is 0 Å². The lowest BCUT2D eigenvalue weighted by atomic mass is 9.96. The summed E-state index contributed by atoms with van der Waals surface area (Å²) in [4.78, 5) is 39.3. The minimum Gasteiger partial charge on any atom is -0.495 e. The first kappa shape index (κ1) is 31.5. The number of hydrogen-bond donors (Lipinski definition) is 1. The maximum atomic E-state index is 14.5. The van der Waals surface area contributed by atoms with Crippen LogP contribution >= 0.6 is 0 Å². The summed E-state index contributed by atoms with van der Waals surface area (Å²) in [6.07, 6.45) is 0.0705. The second-order valence-corrected chi connectivity index (χ2v) is 11.7. The van der Waals surface area contributed by atoms with Gasteiger partial charge in [0.05, 0.1) is 23.9 Å². The van der Waals surface area contributed by atoms with E-state index in [1.807, 2.05) is 0 Å². The molecule has 1 aliphatic rings. The van der Waals surface area contributed by atoms with Crippen LogP contribution in [0.15, 0.2) is 72.0 Å². The number of halogens is 3. The predicted molar refractivity (Wildman–Crippen MR) is 160 cm³/mol. The number of nitrogens with zero attached hydrogens (tertiary/aromatic N) is 5. The van der Waals surface area contributed by atoms with Crippen LogP contribution in [0.25, 0.3) is 33.3 Å². The zero-order valence-electron chi connectivity index (χ0n) is 24.1. The van der Waals surface area contributed by atoms with Gasteiger partial charge in [-0.3, -0.25) is 14.6 Å². The maximum absolute atomic E-state index is 14.5. The van der Waals surface area contributed by atoms with Crippen LogP contribution in [-0.4, -0.2) is 73.2 Å². The molecule has 4 aromatic rings. The Morgan fingerprint density at radius 2 is 1.71 bits per heavy atom. The van der Waals surface area contributed by atoms with E-state index in [2.05, 4.69) is 15.0 Å². The fourth-order valence-corrected chi connectivity index (χ4v) is 5.85. The number of carbonyl (C=O) groups is 2. The molecule has 1 saturated heterocycles. The van der Waals surface area contributed by atoms with E-state index in [0.717, 1.165) is 12.4 Å². The molecule has 0 spiro atoms. The fraction of sp³-hybridized carbons (Fsp3) is 0.233. The first-order chi connectivity index (χ1) is 21.3. The number of rotatable bonds is 7. The van der Waals surface area contributed by atoms with Gasteiger partial charge in [0.15, 0.2) is 5.78 Å². The fourth-order valence-electron chi connectivity index (χ4n) is 5.13. The van der Waals surface area contributed by atoms with E-state index in [9.17, 15) is 31.2 Å². The highest BCUT2D eigenvalue weighted by atomic mass is 32.2. The number of benzene rings is 2. The highest BCUT2D eigenvalue weighted by Crippen LogP contribution is 2.41. The van der Waals surface area contributed by atoms with Crippen LogP contribution in [0.3, 0.4) is 0 Å². The van der Waals surface area contributed by atoms with Crippen molar-refractivity contribution < 1.29 is 35.9 Å². The number of fused-ring (bicyclic) bond motifs is 1. The van der Waals surface area contributed by atoms with Gasteiger partial charge in [-0.2, -0.15) is 13.2 Å². The number of alkyl halides is 3. The third-order valence-electron chi connectivity index (χ3n) is 7.24. The monoisotopic (exact) mass is 640 g/mol. The second kappa shape index (κ2) is 12.2. The van der Waals surface area contributed by atoms with E-state index in [-0.39, 0.29) is 76.5 Å². The molecule has 0 bridgehead atoms. The summed E-state index contributed by atoms with van der Waals surface area (Å²) < 4.78 is 73.1. The number of ketones is 1. The molecule has 1 amide bonds. The van der Waals surface area contributed by atoms with Crippen LogP contribution in [0, 0.1) is 0 Å². The number of methoxy groups -OCH3 is 1. The Morgan fingerprint density at radius 1 is 0.978 bits per heavy atom. The Morgan fingerprint density at radius 3 is 2.36 bits per heavy atom. The number of piperazine rings is 1. The van der Waals surface area contributed by atoms with Gasteiger partial charge in [0, 0.05) is 55.0 Å². The molecular weight excluding hydrogens is 613 g/mol. The highest BCUT2D eigenvalue weighted by Gasteiger charge is 2.35. The predicted octanol–water partition coefficient (Wildman–Crippen LogP) is 3.83. The van der Waals surface area contributed by atoms with Crippen LogP contribution in [0.1, 0.15) is 12.5 Å². The van der Waals surface area contributed by atoms with E-state index in [4.69, 9.17) is 9.88 Å². The Kier molecular flexibility index (Phi) is 8.58. The quantitative estimate of drug-likeness (QED) is 0.298. The normalized spacial score (nSPS) is 14.3. The third-order valence-corrected chi connectivity index (χ3v) is 8.17. The van der Waals surface area contributed by atoms with Crippen molar-refractivity contribution in [3.05, 3.63) is 72.7 Å². The van der Waals surface area contributed by atoms with Crippen molar-refractivity contribution in [3.8, 4) is 28.1 Å². The van der Waals surface area contributed by atoms with Crippen molar-refractivity contribution in [2.75, 3.05) is 38.2 Å². The number of sulfonamides is 1. The van der Waals surface area contributed by atoms with Gasteiger partial charge < -0.3 is 14.5 Å². The smallest absolute Gasteiger partial charge is 0.418 e. The molecule has 5 rings (SSSR count). The molecule has 0 radical (unpaired) electrons. The van der Waals surface area contributed by atoms with Gasteiger partial charge in [-0.1, -0.05) is 12.1 Å². The summed E-state index contributed by atoms with van der Waals surface area (Å²) in [6.45, 7) is 2.39. The van der Waals surface area contributed by atoms with Gasteiger partial charge in [0.2, 0.25) is 15.9 Å². The molecule has 0 unspecified atom stereocenters. The molecule has 2 aromatic carbocycles. The lowest BCUT2D eigenvalue weighted by Crippen LogP contribution is -2.48. The van der Waals surface area contributed by atoms with Crippen LogP contribution < -0.4 is 14.8 Å². The summed E-state index contributed by atoms with van der Waals surface area (Å²) >= 11 is 0. The number of carbonyl (C=O) groups excluding carboxylic acids is 2.